The molecule has 1 atom stereocenters. The van der Waals surface area contributed by atoms with E-state index in [9.17, 15) is 4.39 Å². The fraction of sp³-hybridized carbons (Fsp3) is 0.333. The maximum Gasteiger partial charge on any atom is 0.126 e. The average molecular weight is 284 g/mol. The standard InChI is InChI=1S/C18H21FN2/c1-21(2)12-13-6-8-14(9-7-13)20-18-11-10-15-16(18)4-3-5-17(15)19/h3-9,18,20H,10-12H2,1-2H3. The molecule has 0 spiro atoms. The minimum atomic E-state index is -0.0712. The van der Waals surface area contributed by atoms with Crippen LogP contribution in [0.3, 0.4) is 0 Å². The lowest BCUT2D eigenvalue weighted by Gasteiger charge is -2.16. The minimum absolute atomic E-state index is 0.0712. The Morgan fingerprint density at radius 1 is 1.14 bits per heavy atom. The SMILES string of the molecule is CN(C)Cc1ccc(NC2CCc3c(F)cccc32)cc1. The lowest BCUT2D eigenvalue weighted by atomic mass is 10.1. The zero-order valence-electron chi connectivity index (χ0n) is 12.6. The van der Waals surface area contributed by atoms with Crippen molar-refractivity contribution in [2.45, 2.75) is 25.4 Å². The first kappa shape index (κ1) is 14.1. The summed E-state index contributed by atoms with van der Waals surface area (Å²) in [6, 6.07) is 14.1. The molecule has 0 bridgehead atoms. The van der Waals surface area contributed by atoms with Gasteiger partial charge in [-0.05, 0) is 61.8 Å². The van der Waals surface area contributed by atoms with Gasteiger partial charge in [-0.3, -0.25) is 0 Å². The fourth-order valence-electron chi connectivity index (χ4n) is 3.03. The molecule has 21 heavy (non-hydrogen) atoms. The quantitative estimate of drug-likeness (QED) is 0.913. The molecule has 0 amide bonds. The van der Waals surface area contributed by atoms with Crippen molar-refractivity contribution in [2.75, 3.05) is 19.4 Å². The molecule has 2 nitrogen and oxygen atoms in total. The van der Waals surface area contributed by atoms with E-state index in [1.54, 1.807) is 12.1 Å². The van der Waals surface area contributed by atoms with Gasteiger partial charge in [-0.1, -0.05) is 24.3 Å². The lowest BCUT2D eigenvalue weighted by molar-refractivity contribution is 0.402. The van der Waals surface area contributed by atoms with Crippen LogP contribution >= 0.6 is 0 Å². The highest BCUT2D eigenvalue weighted by atomic mass is 19.1. The first-order valence-corrected chi connectivity index (χ1v) is 7.41. The van der Waals surface area contributed by atoms with Crippen LogP contribution in [0.15, 0.2) is 42.5 Å². The highest BCUT2D eigenvalue weighted by Crippen LogP contribution is 2.35. The molecule has 0 aliphatic heterocycles. The van der Waals surface area contributed by atoms with Gasteiger partial charge in [0.1, 0.15) is 5.82 Å². The van der Waals surface area contributed by atoms with Gasteiger partial charge in [0.2, 0.25) is 0 Å². The Bertz CT molecular complexity index is 620. The Kier molecular flexibility index (Phi) is 3.93. The number of fused-ring (bicyclic) bond motifs is 1. The number of benzene rings is 2. The first-order valence-electron chi connectivity index (χ1n) is 7.41. The Morgan fingerprint density at radius 3 is 2.62 bits per heavy atom. The molecule has 110 valence electrons. The normalized spacial score (nSPS) is 17.0. The van der Waals surface area contributed by atoms with Gasteiger partial charge in [-0.25, -0.2) is 4.39 Å². The molecule has 0 saturated heterocycles. The monoisotopic (exact) mass is 284 g/mol. The van der Waals surface area contributed by atoms with Crippen LogP contribution < -0.4 is 5.32 Å². The molecular formula is C18H21FN2. The third-order valence-corrected chi connectivity index (χ3v) is 4.01. The Balaban J connectivity index is 1.73. The third-order valence-electron chi connectivity index (χ3n) is 4.01. The number of anilines is 1. The summed E-state index contributed by atoms with van der Waals surface area (Å²) in [5.74, 6) is -0.0712. The van der Waals surface area contributed by atoms with E-state index in [0.29, 0.717) is 0 Å². The highest BCUT2D eigenvalue weighted by Gasteiger charge is 2.24. The summed E-state index contributed by atoms with van der Waals surface area (Å²) >= 11 is 0. The van der Waals surface area contributed by atoms with Crippen LogP contribution in [0, 0.1) is 5.82 Å². The van der Waals surface area contributed by atoms with Crippen molar-refractivity contribution < 1.29 is 4.39 Å². The van der Waals surface area contributed by atoms with Crippen molar-refractivity contribution in [2.24, 2.45) is 0 Å². The lowest BCUT2D eigenvalue weighted by Crippen LogP contribution is -2.11. The van der Waals surface area contributed by atoms with Gasteiger partial charge in [-0.15, -0.1) is 0 Å². The van der Waals surface area contributed by atoms with Crippen LogP contribution in [-0.2, 0) is 13.0 Å². The van der Waals surface area contributed by atoms with E-state index in [2.05, 4.69) is 48.6 Å². The van der Waals surface area contributed by atoms with Crippen LogP contribution in [0.2, 0.25) is 0 Å². The topological polar surface area (TPSA) is 15.3 Å². The van der Waals surface area contributed by atoms with Gasteiger partial charge in [0.05, 0.1) is 6.04 Å². The third kappa shape index (κ3) is 3.08. The second-order valence-electron chi connectivity index (χ2n) is 5.98. The van der Waals surface area contributed by atoms with E-state index in [4.69, 9.17) is 0 Å². The Labute approximate surface area is 125 Å². The first-order chi connectivity index (χ1) is 10.1. The van der Waals surface area contributed by atoms with Crippen molar-refractivity contribution in [3.8, 4) is 0 Å². The van der Waals surface area contributed by atoms with Gasteiger partial charge in [-0.2, -0.15) is 0 Å². The van der Waals surface area contributed by atoms with Crippen molar-refractivity contribution in [1.82, 2.24) is 4.90 Å². The summed E-state index contributed by atoms with van der Waals surface area (Å²) in [5.41, 5.74) is 4.37. The van der Waals surface area contributed by atoms with E-state index in [-0.39, 0.29) is 11.9 Å². The van der Waals surface area contributed by atoms with Crippen LogP contribution in [-0.4, -0.2) is 19.0 Å². The minimum Gasteiger partial charge on any atom is -0.378 e. The van der Waals surface area contributed by atoms with Gasteiger partial charge >= 0.3 is 0 Å². The van der Waals surface area contributed by atoms with Gasteiger partial charge in [0.15, 0.2) is 0 Å². The molecule has 0 saturated carbocycles. The highest BCUT2D eigenvalue weighted by molar-refractivity contribution is 5.49. The average Bonchev–Trinajstić information content (AvgIpc) is 2.85. The van der Waals surface area contributed by atoms with E-state index >= 15 is 0 Å². The van der Waals surface area contributed by atoms with E-state index in [1.807, 2.05) is 6.07 Å². The summed E-state index contributed by atoms with van der Waals surface area (Å²) in [6.45, 7) is 0.942. The zero-order chi connectivity index (χ0) is 14.8. The molecule has 0 radical (unpaired) electrons. The molecule has 2 aromatic rings. The summed E-state index contributed by atoms with van der Waals surface area (Å²) in [6.07, 6.45) is 1.77. The zero-order valence-corrected chi connectivity index (χ0v) is 12.6. The van der Waals surface area contributed by atoms with Crippen molar-refractivity contribution in [1.29, 1.82) is 0 Å². The van der Waals surface area contributed by atoms with Crippen molar-refractivity contribution in [3.63, 3.8) is 0 Å². The van der Waals surface area contributed by atoms with E-state index in [1.165, 1.54) is 5.56 Å². The van der Waals surface area contributed by atoms with Crippen LogP contribution in [0.5, 0.6) is 0 Å². The number of nitrogens with zero attached hydrogens (tertiary/aromatic N) is 1. The summed E-state index contributed by atoms with van der Waals surface area (Å²) in [5, 5.41) is 3.52. The molecule has 0 aromatic heterocycles. The maximum absolute atomic E-state index is 13.7. The molecule has 1 N–H and O–H groups in total. The molecule has 3 heteroatoms. The number of rotatable bonds is 4. The fourth-order valence-corrected chi connectivity index (χ4v) is 3.03. The van der Waals surface area contributed by atoms with Crippen molar-refractivity contribution >= 4 is 5.69 Å². The second-order valence-corrected chi connectivity index (χ2v) is 5.98. The van der Waals surface area contributed by atoms with Gasteiger partial charge in [0, 0.05) is 12.2 Å². The van der Waals surface area contributed by atoms with E-state index < -0.39 is 0 Å². The number of hydrogen-bond acceptors (Lipinski definition) is 2. The predicted molar refractivity (Wildman–Crippen MR) is 84.9 cm³/mol. The summed E-state index contributed by atoms with van der Waals surface area (Å²) in [7, 11) is 4.13. The maximum atomic E-state index is 13.7. The molecule has 2 aromatic carbocycles. The van der Waals surface area contributed by atoms with Crippen LogP contribution in [0.1, 0.15) is 29.2 Å². The largest absolute Gasteiger partial charge is 0.378 e. The molecule has 1 unspecified atom stereocenters. The Morgan fingerprint density at radius 2 is 1.90 bits per heavy atom. The smallest absolute Gasteiger partial charge is 0.126 e. The predicted octanol–water partition coefficient (Wildman–Crippen LogP) is 3.99. The van der Waals surface area contributed by atoms with Gasteiger partial charge < -0.3 is 10.2 Å². The van der Waals surface area contributed by atoms with Gasteiger partial charge in [0.25, 0.3) is 0 Å². The molecule has 0 heterocycles. The molecule has 0 fully saturated rings. The second kappa shape index (κ2) is 5.86. The van der Waals surface area contributed by atoms with Crippen LogP contribution in [0.25, 0.3) is 0 Å². The molecule has 1 aliphatic carbocycles. The number of nitrogens with one attached hydrogen (secondary N) is 1. The molecule has 3 rings (SSSR count). The number of hydrogen-bond donors (Lipinski definition) is 1. The summed E-state index contributed by atoms with van der Waals surface area (Å²) < 4.78 is 13.7. The van der Waals surface area contributed by atoms with E-state index in [0.717, 1.165) is 36.2 Å². The Hall–Kier alpha value is -1.87. The number of halogens is 1. The van der Waals surface area contributed by atoms with Crippen molar-refractivity contribution in [3.05, 3.63) is 65.0 Å². The summed E-state index contributed by atoms with van der Waals surface area (Å²) in [4.78, 5) is 2.15. The molecular weight excluding hydrogens is 263 g/mol. The molecule has 1 aliphatic rings. The van der Waals surface area contributed by atoms with Crippen LogP contribution in [0.4, 0.5) is 10.1 Å².